The summed E-state index contributed by atoms with van der Waals surface area (Å²) in [7, 11) is 1.95. The molecule has 4 rings (SSSR count). The second-order valence-electron chi connectivity index (χ2n) is 7.17. The molecule has 0 aliphatic carbocycles. The first-order valence-corrected chi connectivity index (χ1v) is 8.96. The highest BCUT2D eigenvalue weighted by molar-refractivity contribution is 5.16. The van der Waals surface area contributed by atoms with E-state index >= 15 is 0 Å². The van der Waals surface area contributed by atoms with E-state index in [1.165, 1.54) is 11.6 Å². The molecule has 2 aliphatic rings. The Morgan fingerprint density at radius 3 is 2.92 bits per heavy atom. The molecule has 0 amide bonds. The summed E-state index contributed by atoms with van der Waals surface area (Å²) in [5.74, 6) is -0.180. The SMILES string of the molecule is Cn1cc(CN2CCN3C[C@H](OCc4ccccc4F)C[C@H]3C2)cn1. The maximum atomic E-state index is 13.7. The van der Waals surface area contributed by atoms with E-state index in [0.717, 1.165) is 39.1 Å². The fraction of sp³-hybridized carbons (Fsp3) is 0.526. The lowest BCUT2D eigenvalue weighted by Crippen LogP contribution is -2.49. The van der Waals surface area contributed by atoms with Gasteiger partial charge in [0.1, 0.15) is 5.82 Å². The lowest BCUT2D eigenvalue weighted by Gasteiger charge is -2.37. The third kappa shape index (κ3) is 3.92. The lowest BCUT2D eigenvalue weighted by atomic mass is 10.1. The first-order chi connectivity index (χ1) is 12.2. The molecule has 0 unspecified atom stereocenters. The lowest BCUT2D eigenvalue weighted by molar-refractivity contribution is 0.0443. The van der Waals surface area contributed by atoms with Crippen LogP contribution in [0, 0.1) is 5.82 Å². The molecule has 134 valence electrons. The van der Waals surface area contributed by atoms with Crippen LogP contribution < -0.4 is 0 Å². The van der Waals surface area contributed by atoms with Crippen molar-refractivity contribution in [3.8, 4) is 0 Å². The number of piperazine rings is 1. The number of benzene rings is 1. The minimum absolute atomic E-state index is 0.180. The Hall–Kier alpha value is -1.76. The molecular formula is C19H25FN4O. The summed E-state index contributed by atoms with van der Waals surface area (Å²) in [5.41, 5.74) is 1.91. The van der Waals surface area contributed by atoms with Gasteiger partial charge in [-0.2, -0.15) is 5.10 Å². The van der Waals surface area contributed by atoms with Gasteiger partial charge in [-0.05, 0) is 12.5 Å². The van der Waals surface area contributed by atoms with Gasteiger partial charge in [0.25, 0.3) is 0 Å². The number of rotatable bonds is 5. The van der Waals surface area contributed by atoms with Gasteiger partial charge in [-0.25, -0.2) is 4.39 Å². The van der Waals surface area contributed by atoms with Crippen molar-refractivity contribution in [2.24, 2.45) is 7.05 Å². The quantitative estimate of drug-likeness (QED) is 0.831. The van der Waals surface area contributed by atoms with E-state index in [1.54, 1.807) is 12.1 Å². The number of fused-ring (bicyclic) bond motifs is 1. The highest BCUT2D eigenvalue weighted by Crippen LogP contribution is 2.25. The molecule has 5 nitrogen and oxygen atoms in total. The number of aryl methyl sites for hydroxylation is 1. The number of ether oxygens (including phenoxy) is 1. The number of nitrogens with zero attached hydrogens (tertiary/aromatic N) is 4. The molecule has 6 heteroatoms. The Balaban J connectivity index is 1.29. The Bertz CT molecular complexity index is 719. The summed E-state index contributed by atoms with van der Waals surface area (Å²) in [6, 6.07) is 7.40. The van der Waals surface area contributed by atoms with Crippen molar-refractivity contribution in [2.75, 3.05) is 26.2 Å². The maximum absolute atomic E-state index is 13.7. The van der Waals surface area contributed by atoms with E-state index in [-0.39, 0.29) is 11.9 Å². The van der Waals surface area contributed by atoms with Crippen molar-refractivity contribution in [2.45, 2.75) is 31.7 Å². The zero-order valence-corrected chi connectivity index (χ0v) is 14.6. The molecule has 2 aliphatic heterocycles. The molecule has 1 aromatic carbocycles. The highest BCUT2D eigenvalue weighted by atomic mass is 19.1. The fourth-order valence-corrected chi connectivity index (χ4v) is 3.96. The van der Waals surface area contributed by atoms with E-state index in [0.29, 0.717) is 18.2 Å². The topological polar surface area (TPSA) is 33.5 Å². The van der Waals surface area contributed by atoms with Gasteiger partial charge in [0.2, 0.25) is 0 Å². The first-order valence-electron chi connectivity index (χ1n) is 8.96. The minimum atomic E-state index is -0.180. The Kier molecular flexibility index (Phi) is 4.83. The van der Waals surface area contributed by atoms with Crippen LogP contribution in [-0.2, 0) is 24.9 Å². The molecule has 0 bridgehead atoms. The average molecular weight is 344 g/mol. The molecule has 2 fully saturated rings. The number of hydrogen-bond acceptors (Lipinski definition) is 4. The molecule has 0 spiro atoms. The van der Waals surface area contributed by atoms with Crippen LogP contribution in [0.15, 0.2) is 36.7 Å². The van der Waals surface area contributed by atoms with E-state index in [9.17, 15) is 4.39 Å². The number of hydrogen-bond donors (Lipinski definition) is 0. The van der Waals surface area contributed by atoms with Crippen molar-refractivity contribution in [3.63, 3.8) is 0 Å². The first kappa shape index (κ1) is 16.7. The van der Waals surface area contributed by atoms with Crippen LogP contribution >= 0.6 is 0 Å². The van der Waals surface area contributed by atoms with E-state index in [1.807, 2.05) is 24.0 Å². The van der Waals surface area contributed by atoms with Crippen molar-refractivity contribution in [3.05, 3.63) is 53.6 Å². The maximum Gasteiger partial charge on any atom is 0.128 e. The number of halogens is 1. The summed E-state index contributed by atoms with van der Waals surface area (Å²) in [4.78, 5) is 5.02. The van der Waals surface area contributed by atoms with Crippen LogP contribution in [0.3, 0.4) is 0 Å². The Morgan fingerprint density at radius 1 is 1.24 bits per heavy atom. The second-order valence-corrected chi connectivity index (χ2v) is 7.17. The van der Waals surface area contributed by atoms with Gasteiger partial charge in [-0.1, -0.05) is 18.2 Å². The van der Waals surface area contributed by atoms with Crippen LogP contribution in [-0.4, -0.2) is 57.9 Å². The van der Waals surface area contributed by atoms with Crippen molar-refractivity contribution >= 4 is 0 Å². The van der Waals surface area contributed by atoms with Gasteiger partial charge >= 0.3 is 0 Å². The average Bonchev–Trinajstić information content (AvgIpc) is 3.19. The molecule has 3 heterocycles. The van der Waals surface area contributed by atoms with E-state index in [4.69, 9.17) is 4.74 Å². The smallest absolute Gasteiger partial charge is 0.128 e. The van der Waals surface area contributed by atoms with E-state index < -0.39 is 0 Å². The molecule has 25 heavy (non-hydrogen) atoms. The molecule has 2 atom stereocenters. The third-order valence-electron chi connectivity index (χ3n) is 5.26. The van der Waals surface area contributed by atoms with Crippen molar-refractivity contribution < 1.29 is 9.13 Å². The molecule has 2 aromatic rings. The van der Waals surface area contributed by atoms with Crippen LogP contribution in [0.5, 0.6) is 0 Å². The van der Waals surface area contributed by atoms with Gasteiger partial charge in [0.15, 0.2) is 0 Å². The third-order valence-corrected chi connectivity index (χ3v) is 5.26. The standard InChI is InChI=1S/C19H25FN4O/c1-22-10-15(9-21-22)11-23-6-7-24-13-18(8-17(24)12-23)25-14-16-4-2-3-5-19(16)20/h2-5,9-10,17-18H,6-8,11-14H2,1H3/t17-,18+/m0/s1. The molecule has 0 N–H and O–H groups in total. The molecule has 0 saturated carbocycles. The van der Waals surface area contributed by atoms with Crippen LogP contribution in [0.25, 0.3) is 0 Å². The van der Waals surface area contributed by atoms with Gasteiger partial charge in [-0.15, -0.1) is 0 Å². The largest absolute Gasteiger partial charge is 0.372 e. The highest BCUT2D eigenvalue weighted by Gasteiger charge is 2.36. The summed E-state index contributed by atoms with van der Waals surface area (Å²) < 4.78 is 21.6. The molecule has 0 radical (unpaired) electrons. The monoisotopic (exact) mass is 344 g/mol. The van der Waals surface area contributed by atoms with Crippen LogP contribution in [0.1, 0.15) is 17.5 Å². The predicted octanol–water partition coefficient (Wildman–Crippen LogP) is 2.03. The Labute approximate surface area is 148 Å². The zero-order valence-electron chi connectivity index (χ0n) is 14.6. The van der Waals surface area contributed by atoms with Gasteiger partial charge in [0, 0.05) is 63.1 Å². The zero-order chi connectivity index (χ0) is 17.2. The van der Waals surface area contributed by atoms with Gasteiger partial charge in [0.05, 0.1) is 18.9 Å². The van der Waals surface area contributed by atoms with Crippen LogP contribution in [0.2, 0.25) is 0 Å². The summed E-state index contributed by atoms with van der Waals surface area (Å²) in [5, 5.41) is 4.25. The second kappa shape index (κ2) is 7.23. The number of aromatic nitrogens is 2. The predicted molar refractivity (Wildman–Crippen MR) is 93.4 cm³/mol. The summed E-state index contributed by atoms with van der Waals surface area (Å²) in [6.45, 7) is 5.49. The molecule has 1 aromatic heterocycles. The normalized spacial score (nSPS) is 24.6. The van der Waals surface area contributed by atoms with Crippen molar-refractivity contribution in [1.29, 1.82) is 0 Å². The summed E-state index contributed by atoms with van der Waals surface area (Å²) >= 11 is 0. The van der Waals surface area contributed by atoms with Crippen molar-refractivity contribution in [1.82, 2.24) is 19.6 Å². The van der Waals surface area contributed by atoms with Crippen LogP contribution in [0.4, 0.5) is 4.39 Å². The van der Waals surface area contributed by atoms with Gasteiger partial charge in [-0.3, -0.25) is 14.5 Å². The Morgan fingerprint density at radius 2 is 2.12 bits per heavy atom. The summed E-state index contributed by atoms with van der Waals surface area (Å²) in [6.07, 6.45) is 5.25. The van der Waals surface area contributed by atoms with E-state index in [2.05, 4.69) is 21.1 Å². The van der Waals surface area contributed by atoms with Gasteiger partial charge < -0.3 is 4.74 Å². The fourth-order valence-electron chi connectivity index (χ4n) is 3.96. The molecule has 2 saturated heterocycles. The minimum Gasteiger partial charge on any atom is -0.372 e. The molecular weight excluding hydrogens is 319 g/mol.